The molecule has 1 heterocycles. The van der Waals surface area contributed by atoms with E-state index in [9.17, 15) is 8.42 Å². The fourth-order valence-electron chi connectivity index (χ4n) is 1.61. The van der Waals surface area contributed by atoms with Crippen LogP contribution in [0.25, 0.3) is 0 Å². The number of sulfonamides is 1. The molecule has 0 aromatic carbocycles. The Morgan fingerprint density at radius 1 is 1.58 bits per heavy atom. The minimum absolute atomic E-state index is 0.00551. The molecule has 0 aliphatic heterocycles. The van der Waals surface area contributed by atoms with Gasteiger partial charge in [0.25, 0.3) is 0 Å². The molecule has 1 atom stereocenters. The molecule has 4 nitrogen and oxygen atoms in total. The first kappa shape index (κ1) is 17.2. The highest BCUT2D eigenvalue weighted by molar-refractivity contribution is 9.10. The molecule has 0 amide bonds. The van der Waals surface area contributed by atoms with Crippen LogP contribution in [0.2, 0.25) is 5.15 Å². The van der Waals surface area contributed by atoms with Gasteiger partial charge in [-0.05, 0) is 34.7 Å². The lowest BCUT2D eigenvalue weighted by Crippen LogP contribution is -2.38. The Labute approximate surface area is 132 Å². The lowest BCUT2D eigenvalue weighted by atomic mass is 10.3. The van der Waals surface area contributed by atoms with Crippen LogP contribution in [0.3, 0.4) is 0 Å². The van der Waals surface area contributed by atoms with Gasteiger partial charge in [-0.2, -0.15) is 16.1 Å². The van der Waals surface area contributed by atoms with Crippen LogP contribution in [-0.4, -0.2) is 42.8 Å². The average Bonchev–Trinajstić information content (AvgIpc) is 2.37. The highest BCUT2D eigenvalue weighted by Crippen LogP contribution is 2.27. The van der Waals surface area contributed by atoms with Crippen LogP contribution in [-0.2, 0) is 10.0 Å². The van der Waals surface area contributed by atoms with Crippen LogP contribution >= 0.6 is 39.3 Å². The Balaban J connectivity index is 3.19. The zero-order valence-electron chi connectivity index (χ0n) is 10.9. The number of hydrogen-bond acceptors (Lipinski definition) is 4. The van der Waals surface area contributed by atoms with Gasteiger partial charge in [0.15, 0.2) is 0 Å². The molecule has 8 heteroatoms. The summed E-state index contributed by atoms with van der Waals surface area (Å²) in [6, 6.07) is 1.42. The van der Waals surface area contributed by atoms with Crippen molar-refractivity contribution >= 4 is 49.3 Å². The largest absolute Gasteiger partial charge is 0.246 e. The highest BCUT2D eigenvalue weighted by atomic mass is 79.9. The van der Waals surface area contributed by atoms with Gasteiger partial charge in [0.1, 0.15) is 10.0 Å². The Hall–Kier alpha value is 0.180. The van der Waals surface area contributed by atoms with Gasteiger partial charge in [-0.1, -0.05) is 18.5 Å². The summed E-state index contributed by atoms with van der Waals surface area (Å²) in [7, 11) is -2.05. The van der Waals surface area contributed by atoms with Gasteiger partial charge in [0.05, 0.1) is 0 Å². The summed E-state index contributed by atoms with van der Waals surface area (Å²) >= 11 is 10.7. The van der Waals surface area contributed by atoms with Gasteiger partial charge in [-0.15, -0.1) is 0 Å². The minimum Gasteiger partial charge on any atom is -0.242 e. The van der Waals surface area contributed by atoms with Crippen LogP contribution in [0, 0.1) is 0 Å². The molecule has 0 saturated heterocycles. The van der Waals surface area contributed by atoms with E-state index >= 15 is 0 Å². The highest BCUT2D eigenvalue weighted by Gasteiger charge is 2.29. The van der Waals surface area contributed by atoms with Crippen LogP contribution in [0.4, 0.5) is 0 Å². The fraction of sp³-hybridized carbons (Fsp3) is 0.545. The molecular weight excluding hydrogens is 372 g/mol. The van der Waals surface area contributed by atoms with E-state index in [1.54, 1.807) is 18.8 Å². The van der Waals surface area contributed by atoms with Gasteiger partial charge < -0.3 is 0 Å². The van der Waals surface area contributed by atoms with E-state index in [1.165, 1.54) is 16.6 Å². The van der Waals surface area contributed by atoms with Gasteiger partial charge in [-0.3, -0.25) is 0 Å². The molecule has 1 rings (SSSR count). The third-order valence-corrected chi connectivity index (χ3v) is 6.26. The maximum atomic E-state index is 12.6. The zero-order chi connectivity index (χ0) is 14.6. The second-order valence-electron chi connectivity index (χ2n) is 3.98. The molecule has 108 valence electrons. The van der Waals surface area contributed by atoms with E-state index < -0.39 is 10.0 Å². The van der Waals surface area contributed by atoms with Crippen molar-refractivity contribution in [2.75, 3.05) is 19.1 Å². The number of rotatable bonds is 6. The Kier molecular flexibility index (Phi) is 6.59. The Morgan fingerprint density at radius 2 is 2.21 bits per heavy atom. The first-order valence-corrected chi connectivity index (χ1v) is 9.63. The number of nitrogens with zero attached hydrogens (tertiary/aromatic N) is 2. The molecule has 0 aliphatic rings. The van der Waals surface area contributed by atoms with Crippen molar-refractivity contribution in [3.05, 3.63) is 21.9 Å². The molecule has 0 radical (unpaired) electrons. The fourth-order valence-corrected chi connectivity index (χ4v) is 4.89. The summed E-state index contributed by atoms with van der Waals surface area (Å²) in [6.07, 6.45) is 4.17. The third kappa shape index (κ3) is 4.07. The van der Waals surface area contributed by atoms with Crippen LogP contribution in [0.1, 0.15) is 13.3 Å². The number of aromatic nitrogens is 1. The number of thioether (sulfide) groups is 1. The molecule has 19 heavy (non-hydrogen) atoms. The van der Waals surface area contributed by atoms with Crippen LogP contribution in [0.5, 0.6) is 0 Å². The quantitative estimate of drug-likeness (QED) is 0.703. The van der Waals surface area contributed by atoms with Crippen molar-refractivity contribution in [3.63, 3.8) is 0 Å². The van der Waals surface area contributed by atoms with E-state index in [4.69, 9.17) is 11.6 Å². The summed E-state index contributed by atoms with van der Waals surface area (Å²) in [4.78, 5) is 3.90. The first-order valence-electron chi connectivity index (χ1n) is 5.62. The van der Waals surface area contributed by atoms with Crippen LogP contribution < -0.4 is 0 Å². The normalized spacial score (nSPS) is 13.8. The van der Waals surface area contributed by atoms with E-state index in [0.717, 1.165) is 12.2 Å². The van der Waals surface area contributed by atoms with Crippen LogP contribution in [0.15, 0.2) is 21.6 Å². The maximum absolute atomic E-state index is 12.6. The van der Waals surface area contributed by atoms with Gasteiger partial charge in [0.2, 0.25) is 10.0 Å². The summed E-state index contributed by atoms with van der Waals surface area (Å²) in [5.41, 5.74) is 0. The first-order chi connectivity index (χ1) is 8.84. The SMILES string of the molecule is CCC(CSC)N(C)S(=O)(=O)c1cc(Br)cnc1Cl. The van der Waals surface area contributed by atoms with Crippen molar-refractivity contribution in [1.29, 1.82) is 0 Å². The Morgan fingerprint density at radius 3 is 2.74 bits per heavy atom. The van der Waals surface area contributed by atoms with E-state index in [0.29, 0.717) is 4.47 Å². The van der Waals surface area contributed by atoms with E-state index in [-0.39, 0.29) is 16.1 Å². The molecule has 0 aliphatic carbocycles. The minimum atomic E-state index is -3.63. The van der Waals surface area contributed by atoms with Crippen molar-refractivity contribution in [1.82, 2.24) is 9.29 Å². The molecule has 0 fully saturated rings. The van der Waals surface area contributed by atoms with E-state index in [2.05, 4.69) is 20.9 Å². The molecular formula is C11H16BrClN2O2S2. The zero-order valence-corrected chi connectivity index (χ0v) is 14.9. The summed E-state index contributed by atoms with van der Waals surface area (Å²) in [5, 5.41) is -0.00551. The molecule has 0 bridgehead atoms. The van der Waals surface area contributed by atoms with Gasteiger partial charge in [-0.25, -0.2) is 13.4 Å². The van der Waals surface area contributed by atoms with Gasteiger partial charge >= 0.3 is 0 Å². The predicted octanol–water partition coefficient (Wildman–Crippen LogP) is 3.26. The Bertz CT molecular complexity index is 539. The molecule has 1 aromatic rings. The molecule has 0 N–H and O–H groups in total. The van der Waals surface area contributed by atoms with Crippen molar-refractivity contribution in [3.8, 4) is 0 Å². The molecule has 1 unspecified atom stereocenters. The summed E-state index contributed by atoms with van der Waals surface area (Å²) in [6.45, 7) is 1.97. The van der Waals surface area contributed by atoms with Gasteiger partial charge in [0, 0.05) is 29.5 Å². The standard InChI is InChI=1S/C11H16BrClN2O2S2/c1-4-9(7-18-3)15(2)19(16,17)10-5-8(12)6-14-11(10)13/h5-6,9H,4,7H2,1-3H3. The topological polar surface area (TPSA) is 50.3 Å². The summed E-state index contributed by atoms with van der Waals surface area (Å²) in [5.74, 6) is 0.741. The second-order valence-corrected chi connectivity index (χ2v) is 8.13. The molecule has 1 aromatic heterocycles. The smallest absolute Gasteiger partial charge is 0.242 e. The lowest BCUT2D eigenvalue weighted by Gasteiger charge is -2.26. The number of hydrogen-bond donors (Lipinski definition) is 0. The number of pyridine rings is 1. The molecule has 0 spiro atoms. The van der Waals surface area contributed by atoms with Crippen molar-refractivity contribution in [2.24, 2.45) is 0 Å². The summed E-state index contributed by atoms with van der Waals surface area (Å²) < 4.78 is 27.1. The lowest BCUT2D eigenvalue weighted by molar-refractivity contribution is 0.385. The molecule has 0 saturated carbocycles. The predicted molar refractivity (Wildman–Crippen MR) is 84.4 cm³/mol. The van der Waals surface area contributed by atoms with Crippen molar-refractivity contribution < 1.29 is 8.42 Å². The maximum Gasteiger partial charge on any atom is 0.246 e. The number of halogens is 2. The monoisotopic (exact) mass is 386 g/mol. The van der Waals surface area contributed by atoms with Crippen molar-refractivity contribution in [2.45, 2.75) is 24.3 Å². The third-order valence-electron chi connectivity index (χ3n) is 2.78. The average molecular weight is 388 g/mol. The van der Waals surface area contributed by atoms with E-state index in [1.807, 2.05) is 13.2 Å². The second kappa shape index (κ2) is 7.26.